The predicted octanol–water partition coefficient (Wildman–Crippen LogP) is 2.58. The summed E-state index contributed by atoms with van der Waals surface area (Å²) in [4.78, 5) is 4.01. The van der Waals surface area contributed by atoms with Crippen molar-refractivity contribution in [1.29, 1.82) is 5.26 Å². The molecule has 1 aromatic carbocycles. The molecule has 0 bridgehead atoms. The fraction of sp³-hybridized carbons (Fsp3) is 0.143. The minimum absolute atomic E-state index is 0.132. The van der Waals surface area contributed by atoms with Crippen LogP contribution in [-0.4, -0.2) is 10.1 Å². The van der Waals surface area contributed by atoms with Gasteiger partial charge in [-0.3, -0.25) is 4.98 Å². The summed E-state index contributed by atoms with van der Waals surface area (Å²) < 4.78 is 13.4. The Kier molecular flexibility index (Phi) is 3.54. The minimum Gasteiger partial charge on any atom is -0.505 e. The monoisotopic (exact) mass is 242 g/mol. The van der Waals surface area contributed by atoms with E-state index in [-0.39, 0.29) is 17.1 Å². The number of rotatable bonds is 3. The van der Waals surface area contributed by atoms with E-state index < -0.39 is 0 Å². The van der Waals surface area contributed by atoms with E-state index in [9.17, 15) is 9.50 Å². The molecule has 0 atom stereocenters. The van der Waals surface area contributed by atoms with Gasteiger partial charge < -0.3 is 5.11 Å². The maximum atomic E-state index is 13.4. The number of nitriles is 1. The standard InChI is InChI=1S/C14H11FN2O/c15-13-4-2-1-3-10(13)5-6-12-7-11(8-16)14(18)9-17-12/h1-4,7,9,18H,5-6H2. The van der Waals surface area contributed by atoms with Crippen LogP contribution >= 0.6 is 0 Å². The Morgan fingerprint density at radius 3 is 2.78 bits per heavy atom. The molecule has 0 amide bonds. The van der Waals surface area contributed by atoms with Crippen LogP contribution in [0.25, 0.3) is 0 Å². The fourth-order valence-corrected chi connectivity index (χ4v) is 1.68. The summed E-state index contributed by atoms with van der Waals surface area (Å²) in [6, 6.07) is 9.97. The van der Waals surface area contributed by atoms with Crippen molar-refractivity contribution >= 4 is 0 Å². The summed E-state index contributed by atoms with van der Waals surface area (Å²) in [6.07, 6.45) is 2.28. The second kappa shape index (κ2) is 5.28. The maximum Gasteiger partial charge on any atom is 0.151 e. The van der Waals surface area contributed by atoms with E-state index in [0.29, 0.717) is 24.1 Å². The minimum atomic E-state index is -0.239. The molecule has 0 aliphatic rings. The van der Waals surface area contributed by atoms with Gasteiger partial charge in [-0.15, -0.1) is 0 Å². The van der Waals surface area contributed by atoms with E-state index in [2.05, 4.69) is 4.98 Å². The van der Waals surface area contributed by atoms with Crippen LogP contribution in [0.2, 0.25) is 0 Å². The second-order valence-electron chi connectivity index (χ2n) is 3.90. The van der Waals surface area contributed by atoms with Gasteiger partial charge in [-0.05, 0) is 30.5 Å². The van der Waals surface area contributed by atoms with Crippen LogP contribution in [0.3, 0.4) is 0 Å². The topological polar surface area (TPSA) is 56.9 Å². The summed E-state index contributed by atoms with van der Waals surface area (Å²) in [5, 5.41) is 18.1. The normalized spacial score (nSPS) is 10.0. The smallest absolute Gasteiger partial charge is 0.151 e. The number of aromatic nitrogens is 1. The lowest BCUT2D eigenvalue weighted by Gasteiger charge is -2.04. The lowest BCUT2D eigenvalue weighted by atomic mass is 10.1. The van der Waals surface area contributed by atoms with Crippen LogP contribution in [0.15, 0.2) is 36.5 Å². The Balaban J connectivity index is 2.12. The molecule has 0 radical (unpaired) electrons. The van der Waals surface area contributed by atoms with Gasteiger partial charge in [0.05, 0.1) is 11.8 Å². The van der Waals surface area contributed by atoms with E-state index in [0.717, 1.165) is 0 Å². The molecule has 1 N–H and O–H groups in total. The van der Waals surface area contributed by atoms with Crippen LogP contribution in [0.1, 0.15) is 16.8 Å². The first-order chi connectivity index (χ1) is 8.70. The second-order valence-corrected chi connectivity index (χ2v) is 3.90. The number of nitrogens with zero attached hydrogens (tertiary/aromatic N) is 2. The van der Waals surface area contributed by atoms with E-state index in [1.807, 2.05) is 6.07 Å². The van der Waals surface area contributed by atoms with E-state index in [4.69, 9.17) is 5.26 Å². The van der Waals surface area contributed by atoms with Crippen molar-refractivity contribution in [2.75, 3.05) is 0 Å². The number of hydrogen-bond acceptors (Lipinski definition) is 3. The first-order valence-corrected chi connectivity index (χ1v) is 5.52. The zero-order valence-electron chi connectivity index (χ0n) is 9.60. The van der Waals surface area contributed by atoms with E-state index in [1.54, 1.807) is 18.2 Å². The SMILES string of the molecule is N#Cc1cc(CCc2ccccc2F)ncc1O. The first-order valence-electron chi connectivity index (χ1n) is 5.52. The lowest BCUT2D eigenvalue weighted by molar-refractivity contribution is 0.470. The van der Waals surface area contributed by atoms with Crippen LogP contribution in [0, 0.1) is 17.1 Å². The van der Waals surface area contributed by atoms with Crippen molar-refractivity contribution in [2.45, 2.75) is 12.8 Å². The van der Waals surface area contributed by atoms with Gasteiger partial charge in [0, 0.05) is 5.69 Å². The molecule has 0 fully saturated rings. The third kappa shape index (κ3) is 2.64. The fourth-order valence-electron chi connectivity index (χ4n) is 1.68. The lowest BCUT2D eigenvalue weighted by Crippen LogP contribution is -1.97. The molecule has 18 heavy (non-hydrogen) atoms. The molecule has 90 valence electrons. The van der Waals surface area contributed by atoms with Crippen LogP contribution in [0.5, 0.6) is 5.75 Å². The summed E-state index contributed by atoms with van der Waals surface area (Å²) >= 11 is 0. The number of halogens is 1. The van der Waals surface area contributed by atoms with Gasteiger partial charge in [-0.1, -0.05) is 18.2 Å². The van der Waals surface area contributed by atoms with Crippen molar-refractivity contribution in [3.05, 3.63) is 59.2 Å². The molecule has 2 aromatic rings. The number of aryl methyl sites for hydroxylation is 2. The van der Waals surface area contributed by atoms with Crippen molar-refractivity contribution in [3.63, 3.8) is 0 Å². The third-order valence-corrected chi connectivity index (χ3v) is 2.67. The molecule has 1 aromatic heterocycles. The van der Waals surface area contributed by atoms with Gasteiger partial charge in [-0.2, -0.15) is 5.26 Å². The third-order valence-electron chi connectivity index (χ3n) is 2.67. The summed E-state index contributed by atoms with van der Waals surface area (Å²) in [7, 11) is 0. The largest absolute Gasteiger partial charge is 0.505 e. The Bertz CT molecular complexity index is 605. The van der Waals surface area contributed by atoms with Crippen molar-refractivity contribution < 1.29 is 9.50 Å². The quantitative estimate of drug-likeness (QED) is 0.899. The molecule has 0 saturated carbocycles. The Morgan fingerprint density at radius 1 is 1.28 bits per heavy atom. The Morgan fingerprint density at radius 2 is 2.06 bits per heavy atom. The molecule has 4 heteroatoms. The zero-order chi connectivity index (χ0) is 13.0. The van der Waals surface area contributed by atoms with Crippen molar-refractivity contribution in [1.82, 2.24) is 4.98 Å². The first kappa shape index (κ1) is 12.1. The van der Waals surface area contributed by atoms with Crippen molar-refractivity contribution in [3.8, 4) is 11.8 Å². The van der Waals surface area contributed by atoms with Crippen LogP contribution in [-0.2, 0) is 12.8 Å². The van der Waals surface area contributed by atoms with Gasteiger partial charge >= 0.3 is 0 Å². The predicted molar refractivity (Wildman–Crippen MR) is 64.4 cm³/mol. The van der Waals surface area contributed by atoms with Gasteiger partial charge in [-0.25, -0.2) is 4.39 Å². The molecule has 0 saturated heterocycles. The number of hydrogen-bond donors (Lipinski definition) is 1. The number of aromatic hydroxyl groups is 1. The van der Waals surface area contributed by atoms with Gasteiger partial charge in [0.15, 0.2) is 5.75 Å². The molecule has 0 aliphatic heterocycles. The molecule has 3 nitrogen and oxygen atoms in total. The van der Waals surface area contributed by atoms with Gasteiger partial charge in [0.2, 0.25) is 0 Å². The zero-order valence-corrected chi connectivity index (χ0v) is 9.60. The highest BCUT2D eigenvalue weighted by atomic mass is 19.1. The molecule has 2 rings (SSSR count). The molecule has 0 unspecified atom stereocenters. The summed E-state index contributed by atoms with van der Waals surface area (Å²) in [5.41, 5.74) is 1.46. The average Bonchev–Trinajstić information content (AvgIpc) is 2.39. The maximum absolute atomic E-state index is 13.4. The Labute approximate surface area is 104 Å². The highest BCUT2D eigenvalue weighted by Crippen LogP contribution is 2.16. The summed E-state index contributed by atoms with van der Waals surface area (Å²) in [5.74, 6) is -0.371. The highest BCUT2D eigenvalue weighted by Gasteiger charge is 2.05. The van der Waals surface area contributed by atoms with E-state index in [1.165, 1.54) is 18.3 Å². The van der Waals surface area contributed by atoms with Gasteiger partial charge in [0.25, 0.3) is 0 Å². The van der Waals surface area contributed by atoms with Crippen LogP contribution < -0.4 is 0 Å². The summed E-state index contributed by atoms with van der Waals surface area (Å²) in [6.45, 7) is 0. The molecular formula is C14H11FN2O. The van der Waals surface area contributed by atoms with E-state index >= 15 is 0 Å². The molecule has 1 heterocycles. The van der Waals surface area contributed by atoms with Crippen molar-refractivity contribution in [2.24, 2.45) is 0 Å². The van der Waals surface area contributed by atoms with Gasteiger partial charge in [0.1, 0.15) is 11.9 Å². The molecule has 0 spiro atoms. The highest BCUT2D eigenvalue weighted by molar-refractivity contribution is 5.41. The molecule has 0 aliphatic carbocycles. The number of benzene rings is 1. The number of pyridine rings is 1. The molecular weight excluding hydrogens is 231 g/mol. The Hall–Kier alpha value is -2.41. The van der Waals surface area contributed by atoms with Crippen LogP contribution in [0.4, 0.5) is 4.39 Å². The average molecular weight is 242 g/mol.